The van der Waals surface area contributed by atoms with E-state index in [1.54, 1.807) is 0 Å². The van der Waals surface area contributed by atoms with Gasteiger partial charge in [0, 0.05) is 17.6 Å². The van der Waals surface area contributed by atoms with Crippen LogP contribution in [0.4, 0.5) is 17.1 Å². The number of aliphatic imine (C=N–C) groups is 1. The van der Waals surface area contributed by atoms with Gasteiger partial charge in [0.2, 0.25) is 0 Å². The standard InChI is InChI=1S/C21H20N2O/c1-2-24-21-14-8-17(9-15-21)16-22-18-10-12-20(13-11-18)23-19-6-4-3-5-7-19/h3-16,23H,2H2,1H3. The Morgan fingerprint density at radius 1 is 0.833 bits per heavy atom. The maximum Gasteiger partial charge on any atom is 0.119 e. The van der Waals surface area contributed by atoms with Crippen LogP contribution in [0.25, 0.3) is 0 Å². The lowest BCUT2D eigenvalue weighted by molar-refractivity contribution is 0.340. The van der Waals surface area contributed by atoms with E-state index in [4.69, 9.17) is 4.74 Å². The van der Waals surface area contributed by atoms with E-state index in [0.717, 1.165) is 28.4 Å². The van der Waals surface area contributed by atoms with Crippen molar-refractivity contribution in [2.24, 2.45) is 4.99 Å². The average molecular weight is 316 g/mol. The number of para-hydroxylation sites is 1. The van der Waals surface area contributed by atoms with Gasteiger partial charge in [0.25, 0.3) is 0 Å². The molecule has 0 spiro atoms. The minimum absolute atomic E-state index is 0.677. The molecule has 3 nitrogen and oxygen atoms in total. The summed E-state index contributed by atoms with van der Waals surface area (Å²) < 4.78 is 5.43. The van der Waals surface area contributed by atoms with Gasteiger partial charge in [-0.1, -0.05) is 18.2 Å². The first-order valence-electron chi connectivity index (χ1n) is 8.02. The van der Waals surface area contributed by atoms with Crippen LogP contribution in [0.2, 0.25) is 0 Å². The van der Waals surface area contributed by atoms with E-state index in [9.17, 15) is 0 Å². The largest absolute Gasteiger partial charge is 0.494 e. The molecule has 0 bridgehead atoms. The Bertz CT molecular complexity index is 778. The van der Waals surface area contributed by atoms with Gasteiger partial charge < -0.3 is 10.1 Å². The fraction of sp³-hybridized carbons (Fsp3) is 0.0952. The molecule has 1 N–H and O–H groups in total. The zero-order chi connectivity index (χ0) is 16.6. The molecule has 0 saturated heterocycles. The highest BCUT2D eigenvalue weighted by Crippen LogP contribution is 2.20. The summed E-state index contributed by atoms with van der Waals surface area (Å²) in [6.07, 6.45) is 1.86. The molecule has 0 aliphatic carbocycles. The number of hydrogen-bond acceptors (Lipinski definition) is 3. The Hall–Kier alpha value is -3.07. The van der Waals surface area contributed by atoms with Crippen LogP contribution >= 0.6 is 0 Å². The summed E-state index contributed by atoms with van der Waals surface area (Å²) in [6.45, 7) is 2.66. The van der Waals surface area contributed by atoms with Gasteiger partial charge in [-0.05, 0) is 73.2 Å². The van der Waals surface area contributed by atoms with Crippen molar-refractivity contribution < 1.29 is 4.74 Å². The molecule has 0 amide bonds. The number of ether oxygens (including phenoxy) is 1. The number of rotatable bonds is 6. The van der Waals surface area contributed by atoms with E-state index in [1.165, 1.54) is 0 Å². The van der Waals surface area contributed by atoms with Crippen LogP contribution in [-0.4, -0.2) is 12.8 Å². The minimum Gasteiger partial charge on any atom is -0.494 e. The van der Waals surface area contributed by atoms with Gasteiger partial charge in [-0.2, -0.15) is 0 Å². The molecule has 3 aromatic carbocycles. The summed E-state index contributed by atoms with van der Waals surface area (Å²) in [5.41, 5.74) is 4.08. The van der Waals surface area contributed by atoms with E-state index in [0.29, 0.717) is 6.61 Å². The van der Waals surface area contributed by atoms with E-state index >= 15 is 0 Å². The first-order chi connectivity index (χ1) is 11.8. The molecule has 0 aliphatic heterocycles. The van der Waals surface area contributed by atoms with Crippen molar-refractivity contribution in [3.8, 4) is 5.75 Å². The number of hydrogen-bond donors (Lipinski definition) is 1. The van der Waals surface area contributed by atoms with Gasteiger partial charge >= 0.3 is 0 Å². The van der Waals surface area contributed by atoms with Gasteiger partial charge in [0.15, 0.2) is 0 Å². The van der Waals surface area contributed by atoms with Crippen LogP contribution in [-0.2, 0) is 0 Å². The lowest BCUT2D eigenvalue weighted by atomic mass is 10.2. The second-order valence-electron chi connectivity index (χ2n) is 5.30. The number of benzene rings is 3. The maximum atomic E-state index is 5.43. The van der Waals surface area contributed by atoms with E-state index in [-0.39, 0.29) is 0 Å². The second kappa shape index (κ2) is 7.97. The lowest BCUT2D eigenvalue weighted by Crippen LogP contribution is -1.91. The zero-order valence-electron chi connectivity index (χ0n) is 13.6. The van der Waals surface area contributed by atoms with Gasteiger partial charge in [-0.3, -0.25) is 4.99 Å². The molecular formula is C21H20N2O. The normalized spacial score (nSPS) is 10.7. The molecule has 0 unspecified atom stereocenters. The van der Waals surface area contributed by atoms with Crippen molar-refractivity contribution in [3.63, 3.8) is 0 Å². The van der Waals surface area contributed by atoms with Crippen molar-refractivity contribution in [1.82, 2.24) is 0 Å². The maximum absolute atomic E-state index is 5.43. The number of nitrogens with one attached hydrogen (secondary N) is 1. The molecule has 3 rings (SSSR count). The fourth-order valence-electron chi connectivity index (χ4n) is 2.28. The Morgan fingerprint density at radius 2 is 1.50 bits per heavy atom. The summed E-state index contributed by atoms with van der Waals surface area (Å²) in [4.78, 5) is 4.51. The van der Waals surface area contributed by atoms with Crippen LogP contribution in [0.5, 0.6) is 5.75 Å². The highest BCUT2D eigenvalue weighted by atomic mass is 16.5. The van der Waals surface area contributed by atoms with E-state index in [2.05, 4.69) is 10.3 Å². The third kappa shape index (κ3) is 4.46. The van der Waals surface area contributed by atoms with Crippen molar-refractivity contribution in [1.29, 1.82) is 0 Å². The summed E-state index contributed by atoms with van der Waals surface area (Å²) in [6, 6.07) is 26.1. The molecular weight excluding hydrogens is 296 g/mol. The number of anilines is 2. The molecule has 0 aromatic heterocycles. The van der Waals surface area contributed by atoms with Gasteiger partial charge in [-0.15, -0.1) is 0 Å². The Labute approximate surface area is 142 Å². The predicted octanol–water partition coefficient (Wildman–Crippen LogP) is 5.58. The van der Waals surface area contributed by atoms with Gasteiger partial charge in [0.05, 0.1) is 12.3 Å². The van der Waals surface area contributed by atoms with Crippen LogP contribution in [0.3, 0.4) is 0 Å². The highest BCUT2D eigenvalue weighted by molar-refractivity contribution is 5.82. The van der Waals surface area contributed by atoms with Gasteiger partial charge in [-0.25, -0.2) is 0 Å². The molecule has 3 aromatic rings. The lowest BCUT2D eigenvalue weighted by Gasteiger charge is -2.06. The van der Waals surface area contributed by atoms with Crippen LogP contribution in [0.15, 0.2) is 83.9 Å². The van der Waals surface area contributed by atoms with Crippen molar-refractivity contribution >= 4 is 23.3 Å². The Kier molecular flexibility index (Phi) is 5.25. The summed E-state index contributed by atoms with van der Waals surface area (Å²) in [5.74, 6) is 0.881. The topological polar surface area (TPSA) is 33.6 Å². The molecule has 120 valence electrons. The number of nitrogens with zero attached hydrogens (tertiary/aromatic N) is 1. The Balaban J connectivity index is 1.63. The molecule has 24 heavy (non-hydrogen) atoms. The van der Waals surface area contributed by atoms with Gasteiger partial charge in [0.1, 0.15) is 5.75 Å². The summed E-state index contributed by atoms with van der Waals surface area (Å²) in [5, 5.41) is 3.36. The zero-order valence-corrected chi connectivity index (χ0v) is 13.6. The third-order valence-corrected chi connectivity index (χ3v) is 3.48. The van der Waals surface area contributed by atoms with Crippen molar-refractivity contribution in [2.45, 2.75) is 6.92 Å². The Morgan fingerprint density at radius 3 is 2.17 bits per heavy atom. The fourth-order valence-corrected chi connectivity index (χ4v) is 2.28. The van der Waals surface area contributed by atoms with E-state index in [1.807, 2.05) is 92.0 Å². The quantitative estimate of drug-likeness (QED) is 0.602. The first kappa shape index (κ1) is 15.8. The highest BCUT2D eigenvalue weighted by Gasteiger charge is 1.95. The van der Waals surface area contributed by atoms with E-state index < -0.39 is 0 Å². The first-order valence-corrected chi connectivity index (χ1v) is 8.02. The third-order valence-electron chi connectivity index (χ3n) is 3.48. The van der Waals surface area contributed by atoms with Crippen LogP contribution < -0.4 is 10.1 Å². The molecule has 3 heteroatoms. The molecule has 0 fully saturated rings. The van der Waals surface area contributed by atoms with Crippen LogP contribution in [0, 0.1) is 0 Å². The molecule has 0 heterocycles. The molecule has 0 aliphatic rings. The summed E-state index contributed by atoms with van der Waals surface area (Å²) in [7, 11) is 0. The monoisotopic (exact) mass is 316 g/mol. The minimum atomic E-state index is 0.677. The predicted molar refractivity (Wildman–Crippen MR) is 101 cm³/mol. The average Bonchev–Trinajstić information content (AvgIpc) is 2.63. The van der Waals surface area contributed by atoms with Crippen molar-refractivity contribution in [3.05, 3.63) is 84.4 Å². The SMILES string of the molecule is CCOc1ccc(C=Nc2ccc(Nc3ccccc3)cc2)cc1. The summed E-state index contributed by atoms with van der Waals surface area (Å²) >= 11 is 0. The molecule has 0 saturated carbocycles. The molecule has 0 radical (unpaired) electrons. The van der Waals surface area contributed by atoms with Crippen LogP contribution in [0.1, 0.15) is 12.5 Å². The molecule has 0 atom stereocenters. The van der Waals surface area contributed by atoms with Crippen molar-refractivity contribution in [2.75, 3.05) is 11.9 Å². The smallest absolute Gasteiger partial charge is 0.119 e. The second-order valence-corrected chi connectivity index (χ2v) is 5.30.